The molecule has 1 saturated heterocycles. The van der Waals surface area contributed by atoms with Crippen LogP contribution in [0.25, 0.3) is 10.9 Å². The minimum absolute atomic E-state index is 0.152. The zero-order chi connectivity index (χ0) is 17.4. The number of halogens is 1. The number of amides is 1. The number of rotatable bonds is 3. The molecule has 5 heteroatoms. The molecule has 1 saturated carbocycles. The van der Waals surface area contributed by atoms with Crippen molar-refractivity contribution in [2.45, 2.75) is 45.1 Å². The van der Waals surface area contributed by atoms with Gasteiger partial charge in [0.2, 0.25) is 5.91 Å². The van der Waals surface area contributed by atoms with Crippen molar-refractivity contribution < 1.29 is 9.18 Å². The van der Waals surface area contributed by atoms with Gasteiger partial charge in [0.15, 0.2) is 0 Å². The Morgan fingerprint density at radius 1 is 1.20 bits per heavy atom. The van der Waals surface area contributed by atoms with Crippen LogP contribution >= 0.6 is 0 Å². The molecule has 1 aliphatic heterocycles. The predicted molar refractivity (Wildman–Crippen MR) is 97.1 cm³/mol. The highest BCUT2D eigenvalue weighted by Crippen LogP contribution is 2.26. The average molecular weight is 343 g/mol. The van der Waals surface area contributed by atoms with Crippen LogP contribution in [0.3, 0.4) is 0 Å². The zero-order valence-corrected chi connectivity index (χ0v) is 14.9. The van der Waals surface area contributed by atoms with Gasteiger partial charge < -0.3 is 9.88 Å². The van der Waals surface area contributed by atoms with E-state index in [4.69, 9.17) is 0 Å². The van der Waals surface area contributed by atoms with Crippen molar-refractivity contribution in [2.75, 3.05) is 26.2 Å². The maximum absolute atomic E-state index is 13.6. The number of aromatic nitrogens is 1. The summed E-state index contributed by atoms with van der Waals surface area (Å²) in [5.41, 5.74) is 2.78. The summed E-state index contributed by atoms with van der Waals surface area (Å²) >= 11 is 0. The first-order valence-corrected chi connectivity index (χ1v) is 9.40. The van der Waals surface area contributed by atoms with Gasteiger partial charge in [0.1, 0.15) is 5.82 Å². The number of carbonyl (C=O) groups is 1. The predicted octanol–water partition coefficient (Wildman–Crippen LogP) is 3.24. The number of benzene rings is 1. The first-order chi connectivity index (χ1) is 12.1. The standard InChI is InChI=1S/C20H26FN3O/c1-14-17(18-12-15(21)6-7-19(18)22-14)13-20(25)24-10-8-23(9-11-24)16-4-2-3-5-16/h6-7,12,16,22H,2-5,8-11,13H2,1H3. The summed E-state index contributed by atoms with van der Waals surface area (Å²) in [6.07, 6.45) is 5.67. The van der Waals surface area contributed by atoms with E-state index >= 15 is 0 Å². The molecule has 1 N–H and O–H groups in total. The molecule has 1 aromatic carbocycles. The molecule has 4 nitrogen and oxygen atoms in total. The molecule has 25 heavy (non-hydrogen) atoms. The molecular formula is C20H26FN3O. The van der Waals surface area contributed by atoms with E-state index in [0.29, 0.717) is 6.42 Å². The van der Waals surface area contributed by atoms with Gasteiger partial charge in [-0.2, -0.15) is 0 Å². The number of carbonyl (C=O) groups excluding carboxylic acids is 1. The first kappa shape index (κ1) is 16.6. The van der Waals surface area contributed by atoms with Crippen LogP contribution in [0.15, 0.2) is 18.2 Å². The number of hydrogen-bond acceptors (Lipinski definition) is 2. The molecule has 4 rings (SSSR count). The first-order valence-electron chi connectivity index (χ1n) is 9.40. The average Bonchev–Trinajstić information content (AvgIpc) is 3.24. The Morgan fingerprint density at radius 2 is 1.92 bits per heavy atom. The van der Waals surface area contributed by atoms with Crippen molar-refractivity contribution in [3.8, 4) is 0 Å². The topological polar surface area (TPSA) is 39.3 Å². The second-order valence-corrected chi connectivity index (χ2v) is 7.45. The largest absolute Gasteiger partial charge is 0.358 e. The van der Waals surface area contributed by atoms with Gasteiger partial charge in [0, 0.05) is 48.8 Å². The molecule has 0 radical (unpaired) electrons. The maximum Gasteiger partial charge on any atom is 0.227 e. The van der Waals surface area contributed by atoms with E-state index in [1.54, 1.807) is 6.07 Å². The molecule has 134 valence electrons. The fraction of sp³-hybridized carbons (Fsp3) is 0.550. The highest BCUT2D eigenvalue weighted by atomic mass is 19.1. The summed E-state index contributed by atoms with van der Waals surface area (Å²) in [4.78, 5) is 20.6. The number of nitrogens with zero attached hydrogens (tertiary/aromatic N) is 2. The Morgan fingerprint density at radius 3 is 2.64 bits per heavy atom. The maximum atomic E-state index is 13.6. The summed E-state index contributed by atoms with van der Waals surface area (Å²) in [7, 11) is 0. The third kappa shape index (κ3) is 3.30. The number of piperazine rings is 1. The zero-order valence-electron chi connectivity index (χ0n) is 14.9. The highest BCUT2D eigenvalue weighted by molar-refractivity contribution is 5.90. The summed E-state index contributed by atoms with van der Waals surface area (Å²) in [6.45, 7) is 5.55. The molecule has 1 amide bonds. The minimum atomic E-state index is -0.259. The number of H-pyrrole nitrogens is 1. The molecule has 2 fully saturated rings. The van der Waals surface area contributed by atoms with Gasteiger partial charge in [-0.15, -0.1) is 0 Å². The van der Waals surface area contributed by atoms with Gasteiger partial charge in [-0.1, -0.05) is 12.8 Å². The lowest BCUT2D eigenvalue weighted by Gasteiger charge is -2.38. The Balaban J connectivity index is 1.43. The van der Waals surface area contributed by atoms with Crippen LogP contribution in [0, 0.1) is 12.7 Å². The van der Waals surface area contributed by atoms with Crippen LogP contribution in [0.5, 0.6) is 0 Å². The van der Waals surface area contributed by atoms with Crippen molar-refractivity contribution in [2.24, 2.45) is 0 Å². The lowest BCUT2D eigenvalue weighted by molar-refractivity contribution is -0.132. The van der Waals surface area contributed by atoms with Crippen molar-refractivity contribution in [1.82, 2.24) is 14.8 Å². The Kier molecular flexibility index (Phi) is 4.50. The van der Waals surface area contributed by atoms with E-state index in [1.165, 1.54) is 37.8 Å². The van der Waals surface area contributed by atoms with Crippen molar-refractivity contribution in [3.63, 3.8) is 0 Å². The Labute approximate surface area is 148 Å². The van der Waals surface area contributed by atoms with E-state index in [2.05, 4.69) is 9.88 Å². The number of aromatic amines is 1. The minimum Gasteiger partial charge on any atom is -0.358 e. The van der Waals surface area contributed by atoms with Gasteiger partial charge in [-0.05, 0) is 43.5 Å². The SMILES string of the molecule is Cc1[nH]c2ccc(F)cc2c1CC(=O)N1CCN(C2CCCC2)CC1. The van der Waals surface area contributed by atoms with Crippen LogP contribution < -0.4 is 0 Å². The van der Waals surface area contributed by atoms with Crippen molar-refractivity contribution in [3.05, 3.63) is 35.3 Å². The molecule has 0 bridgehead atoms. The molecule has 0 unspecified atom stereocenters. The van der Waals surface area contributed by atoms with E-state index in [1.807, 2.05) is 11.8 Å². The van der Waals surface area contributed by atoms with Gasteiger partial charge in [-0.25, -0.2) is 4.39 Å². The molecular weight excluding hydrogens is 317 g/mol. The van der Waals surface area contributed by atoms with Crippen LogP contribution in [0.4, 0.5) is 4.39 Å². The third-order valence-electron chi connectivity index (χ3n) is 5.92. The summed E-state index contributed by atoms with van der Waals surface area (Å²) in [5.74, 6) is -0.107. The fourth-order valence-corrected chi connectivity index (χ4v) is 4.45. The number of fused-ring (bicyclic) bond motifs is 1. The second kappa shape index (κ2) is 6.79. The van der Waals surface area contributed by atoms with Crippen LogP contribution in [-0.4, -0.2) is 52.9 Å². The Bertz CT molecular complexity index is 771. The van der Waals surface area contributed by atoms with Gasteiger partial charge in [0.05, 0.1) is 6.42 Å². The lowest BCUT2D eigenvalue weighted by Crippen LogP contribution is -2.51. The van der Waals surface area contributed by atoms with Crippen molar-refractivity contribution >= 4 is 16.8 Å². The lowest BCUT2D eigenvalue weighted by atomic mass is 10.1. The van der Waals surface area contributed by atoms with E-state index < -0.39 is 0 Å². The summed E-state index contributed by atoms with van der Waals surface area (Å²) < 4.78 is 13.6. The fourth-order valence-electron chi connectivity index (χ4n) is 4.45. The van der Waals surface area contributed by atoms with Crippen LogP contribution in [0.2, 0.25) is 0 Å². The van der Waals surface area contributed by atoms with Gasteiger partial charge in [-0.3, -0.25) is 9.69 Å². The molecule has 0 spiro atoms. The number of aryl methyl sites for hydroxylation is 1. The monoisotopic (exact) mass is 343 g/mol. The van der Waals surface area contributed by atoms with E-state index in [9.17, 15) is 9.18 Å². The quantitative estimate of drug-likeness (QED) is 0.929. The van der Waals surface area contributed by atoms with Crippen LogP contribution in [0.1, 0.15) is 36.9 Å². The normalized spacial score (nSPS) is 19.8. The Hall–Kier alpha value is -1.88. The summed E-state index contributed by atoms with van der Waals surface area (Å²) in [5, 5.41) is 0.829. The second-order valence-electron chi connectivity index (χ2n) is 7.45. The number of nitrogens with one attached hydrogen (secondary N) is 1. The smallest absolute Gasteiger partial charge is 0.227 e. The molecule has 1 aliphatic carbocycles. The molecule has 2 aromatic rings. The molecule has 1 aromatic heterocycles. The molecule has 2 aliphatic rings. The van der Waals surface area contributed by atoms with Gasteiger partial charge in [0.25, 0.3) is 0 Å². The van der Waals surface area contributed by atoms with Crippen molar-refractivity contribution in [1.29, 1.82) is 0 Å². The molecule has 0 atom stereocenters. The van der Waals surface area contributed by atoms with E-state index in [0.717, 1.165) is 54.4 Å². The molecule has 2 heterocycles. The summed E-state index contributed by atoms with van der Waals surface area (Å²) in [6, 6.07) is 5.45. The van der Waals surface area contributed by atoms with E-state index in [-0.39, 0.29) is 11.7 Å². The third-order valence-corrected chi connectivity index (χ3v) is 5.92. The highest BCUT2D eigenvalue weighted by Gasteiger charge is 2.28. The van der Waals surface area contributed by atoms with Crippen LogP contribution in [-0.2, 0) is 11.2 Å². The van der Waals surface area contributed by atoms with Gasteiger partial charge >= 0.3 is 0 Å². The number of hydrogen-bond donors (Lipinski definition) is 1.